The van der Waals surface area contributed by atoms with Gasteiger partial charge in [0.15, 0.2) is 0 Å². The highest BCUT2D eigenvalue weighted by Gasteiger charge is 2.11. The highest BCUT2D eigenvalue weighted by molar-refractivity contribution is 7.80. The van der Waals surface area contributed by atoms with Crippen LogP contribution in [-0.4, -0.2) is 7.11 Å². The second kappa shape index (κ2) is 4.22. The quantitative estimate of drug-likeness (QED) is 0.590. The highest BCUT2D eigenvalue weighted by Crippen LogP contribution is 2.32. The van der Waals surface area contributed by atoms with Crippen molar-refractivity contribution in [2.45, 2.75) is 12.3 Å². The fourth-order valence-corrected chi connectivity index (χ4v) is 1.73. The Hall–Kier alpha value is -0.380. The SMILES string of the molecule is COc1c(C)cc(Cl)cc1C(N)S. The zero-order valence-electron chi connectivity index (χ0n) is 7.54. The summed E-state index contributed by atoms with van der Waals surface area (Å²) in [5.74, 6) is 0.756. The fourth-order valence-electron chi connectivity index (χ4n) is 1.25. The van der Waals surface area contributed by atoms with E-state index in [-0.39, 0.29) is 5.37 Å². The normalized spacial score (nSPS) is 12.7. The topological polar surface area (TPSA) is 35.2 Å². The molecule has 0 amide bonds. The predicted molar refractivity (Wildman–Crippen MR) is 58.7 cm³/mol. The molecule has 1 aromatic rings. The molecule has 0 aliphatic heterocycles. The van der Waals surface area contributed by atoms with Crippen molar-refractivity contribution in [2.75, 3.05) is 7.11 Å². The summed E-state index contributed by atoms with van der Waals surface area (Å²) in [6, 6.07) is 3.60. The van der Waals surface area contributed by atoms with Gasteiger partial charge in [-0.15, -0.1) is 0 Å². The first-order valence-electron chi connectivity index (χ1n) is 3.84. The predicted octanol–water partition coefficient (Wildman–Crippen LogP) is 2.54. The summed E-state index contributed by atoms with van der Waals surface area (Å²) >= 11 is 10.0. The summed E-state index contributed by atoms with van der Waals surface area (Å²) in [6.07, 6.45) is 0. The molecule has 2 N–H and O–H groups in total. The average Bonchev–Trinajstić information content (AvgIpc) is 2.02. The number of benzene rings is 1. The number of rotatable bonds is 2. The van der Waals surface area contributed by atoms with Crippen molar-refractivity contribution in [1.29, 1.82) is 0 Å². The Morgan fingerprint density at radius 2 is 2.15 bits per heavy atom. The molecule has 0 saturated heterocycles. The van der Waals surface area contributed by atoms with Crippen molar-refractivity contribution < 1.29 is 4.74 Å². The van der Waals surface area contributed by atoms with Crippen molar-refractivity contribution in [3.05, 3.63) is 28.3 Å². The minimum absolute atomic E-state index is 0.368. The molecule has 72 valence electrons. The molecule has 0 fully saturated rings. The Bertz CT molecular complexity index is 315. The number of methoxy groups -OCH3 is 1. The van der Waals surface area contributed by atoms with Crippen molar-refractivity contribution in [2.24, 2.45) is 5.73 Å². The van der Waals surface area contributed by atoms with E-state index in [9.17, 15) is 0 Å². The summed E-state index contributed by atoms with van der Waals surface area (Å²) in [5, 5.41) is 0.283. The molecule has 0 bridgehead atoms. The number of hydrogen-bond donors (Lipinski definition) is 2. The Labute approximate surface area is 88.4 Å². The molecule has 1 rings (SSSR count). The minimum atomic E-state index is -0.368. The van der Waals surface area contributed by atoms with Gasteiger partial charge in [0.25, 0.3) is 0 Å². The Morgan fingerprint density at radius 3 is 2.62 bits per heavy atom. The first kappa shape index (κ1) is 10.7. The van der Waals surface area contributed by atoms with Crippen molar-refractivity contribution in [1.82, 2.24) is 0 Å². The van der Waals surface area contributed by atoms with E-state index >= 15 is 0 Å². The van der Waals surface area contributed by atoms with Crippen LogP contribution in [0, 0.1) is 6.92 Å². The Morgan fingerprint density at radius 1 is 1.54 bits per heavy atom. The molecule has 0 radical (unpaired) electrons. The highest BCUT2D eigenvalue weighted by atomic mass is 35.5. The molecule has 2 nitrogen and oxygen atoms in total. The van der Waals surface area contributed by atoms with E-state index in [1.54, 1.807) is 13.2 Å². The molecule has 1 atom stereocenters. The van der Waals surface area contributed by atoms with Crippen LogP contribution in [0.2, 0.25) is 5.02 Å². The molecular formula is C9H12ClNOS. The summed E-state index contributed by atoms with van der Waals surface area (Å²) in [6.45, 7) is 1.92. The number of nitrogens with two attached hydrogens (primary N) is 1. The fraction of sp³-hybridized carbons (Fsp3) is 0.333. The molecule has 0 heterocycles. The van der Waals surface area contributed by atoms with E-state index in [2.05, 4.69) is 12.6 Å². The summed E-state index contributed by atoms with van der Waals surface area (Å²) in [4.78, 5) is 0. The van der Waals surface area contributed by atoms with Crippen LogP contribution in [0.25, 0.3) is 0 Å². The third-order valence-electron chi connectivity index (χ3n) is 1.79. The number of aryl methyl sites for hydroxylation is 1. The molecule has 13 heavy (non-hydrogen) atoms. The lowest BCUT2D eigenvalue weighted by Gasteiger charge is -2.13. The number of ether oxygens (including phenoxy) is 1. The first-order valence-corrected chi connectivity index (χ1v) is 4.73. The largest absolute Gasteiger partial charge is 0.496 e. The van der Waals surface area contributed by atoms with Gasteiger partial charge in [0.2, 0.25) is 0 Å². The molecule has 1 unspecified atom stereocenters. The van der Waals surface area contributed by atoms with Crippen LogP contribution >= 0.6 is 24.2 Å². The maximum Gasteiger partial charge on any atom is 0.127 e. The molecule has 4 heteroatoms. The van der Waals surface area contributed by atoms with Crippen LogP contribution in [0.1, 0.15) is 16.5 Å². The van der Waals surface area contributed by atoms with Gasteiger partial charge >= 0.3 is 0 Å². The van der Waals surface area contributed by atoms with Crippen molar-refractivity contribution >= 4 is 24.2 Å². The van der Waals surface area contributed by atoms with Gasteiger partial charge in [0.05, 0.1) is 12.5 Å². The average molecular weight is 218 g/mol. The Balaban J connectivity index is 3.29. The second-order valence-electron chi connectivity index (χ2n) is 2.79. The van der Waals surface area contributed by atoms with Gasteiger partial charge in [-0.2, -0.15) is 12.6 Å². The third-order valence-corrected chi connectivity index (χ3v) is 2.29. The molecule has 0 spiro atoms. The first-order chi connectivity index (χ1) is 6.06. The van der Waals surface area contributed by atoms with E-state index in [4.69, 9.17) is 22.1 Å². The summed E-state index contributed by atoms with van der Waals surface area (Å²) in [7, 11) is 1.61. The minimum Gasteiger partial charge on any atom is -0.496 e. The summed E-state index contributed by atoms with van der Waals surface area (Å²) < 4.78 is 5.20. The van der Waals surface area contributed by atoms with Gasteiger partial charge in [-0.05, 0) is 24.6 Å². The van der Waals surface area contributed by atoms with Gasteiger partial charge in [-0.3, -0.25) is 0 Å². The van der Waals surface area contributed by atoms with Crippen LogP contribution in [0.15, 0.2) is 12.1 Å². The molecule has 1 aromatic carbocycles. The van der Waals surface area contributed by atoms with Crippen LogP contribution < -0.4 is 10.5 Å². The van der Waals surface area contributed by atoms with E-state index in [1.165, 1.54) is 0 Å². The Kier molecular flexibility index (Phi) is 3.47. The van der Waals surface area contributed by atoms with E-state index in [0.29, 0.717) is 5.02 Å². The summed E-state index contributed by atoms with van der Waals surface area (Å²) in [5.41, 5.74) is 7.44. The van der Waals surface area contributed by atoms with Gasteiger partial charge in [-0.1, -0.05) is 11.6 Å². The van der Waals surface area contributed by atoms with Gasteiger partial charge in [0.1, 0.15) is 5.75 Å². The van der Waals surface area contributed by atoms with Gasteiger partial charge < -0.3 is 10.5 Å². The zero-order chi connectivity index (χ0) is 10.0. The van der Waals surface area contributed by atoms with Crippen LogP contribution in [0.3, 0.4) is 0 Å². The van der Waals surface area contributed by atoms with Crippen LogP contribution in [0.5, 0.6) is 5.75 Å². The molecule has 0 aromatic heterocycles. The third kappa shape index (κ3) is 2.30. The molecular weight excluding hydrogens is 206 g/mol. The maximum absolute atomic E-state index is 5.88. The van der Waals surface area contributed by atoms with Gasteiger partial charge in [0, 0.05) is 10.6 Å². The molecule has 0 aliphatic carbocycles. The van der Waals surface area contributed by atoms with E-state index in [1.807, 2.05) is 13.0 Å². The maximum atomic E-state index is 5.88. The zero-order valence-corrected chi connectivity index (χ0v) is 9.19. The van der Waals surface area contributed by atoms with Gasteiger partial charge in [-0.25, -0.2) is 0 Å². The monoisotopic (exact) mass is 217 g/mol. The lowest BCUT2D eigenvalue weighted by Crippen LogP contribution is -2.05. The lowest BCUT2D eigenvalue weighted by atomic mass is 10.1. The number of halogens is 1. The van der Waals surface area contributed by atoms with Crippen molar-refractivity contribution in [3.8, 4) is 5.75 Å². The van der Waals surface area contributed by atoms with E-state index in [0.717, 1.165) is 16.9 Å². The van der Waals surface area contributed by atoms with Crippen LogP contribution in [0.4, 0.5) is 0 Å². The smallest absolute Gasteiger partial charge is 0.127 e. The number of hydrogen-bond acceptors (Lipinski definition) is 3. The molecule has 0 aliphatic rings. The lowest BCUT2D eigenvalue weighted by molar-refractivity contribution is 0.406. The molecule has 0 saturated carbocycles. The standard InChI is InChI=1S/C9H12ClNOS/c1-5-3-6(10)4-7(9(11)13)8(5)12-2/h3-4,9,13H,11H2,1-2H3. The van der Waals surface area contributed by atoms with Crippen molar-refractivity contribution in [3.63, 3.8) is 0 Å². The number of thiol groups is 1. The van der Waals surface area contributed by atoms with Crippen LogP contribution in [-0.2, 0) is 0 Å². The van der Waals surface area contributed by atoms with E-state index < -0.39 is 0 Å². The second-order valence-corrected chi connectivity index (χ2v) is 3.78.